The molecule has 0 aliphatic heterocycles. The van der Waals surface area contributed by atoms with Crippen LogP contribution in [-0.4, -0.2) is 10.7 Å². The lowest BCUT2D eigenvalue weighted by Crippen LogP contribution is -1.94. The first kappa shape index (κ1) is 13.1. The topological polar surface area (TPSA) is 21.5 Å². The highest BCUT2D eigenvalue weighted by Gasteiger charge is 2.11. The molecule has 3 heteroatoms. The van der Waals surface area contributed by atoms with E-state index in [2.05, 4.69) is 41.1 Å². The number of carbonyl (C=O) groups is 1. The fraction of sp³-hybridized carbons (Fsp3) is 0.118. The van der Waals surface area contributed by atoms with Crippen LogP contribution >= 0.6 is 15.9 Å². The largest absolute Gasteiger partial charge is 0.313 e. The Hall–Kier alpha value is -1.87. The summed E-state index contributed by atoms with van der Waals surface area (Å²) >= 11 is 3.43. The van der Waals surface area contributed by atoms with Gasteiger partial charge >= 0.3 is 0 Å². The molecule has 0 saturated carbocycles. The molecule has 0 radical (unpaired) electrons. The SMILES string of the molecule is CCc1ccc2cc(-c3ccc(Br)cc3)c(C=O)n2c1. The van der Waals surface area contributed by atoms with Crippen LogP contribution in [0.15, 0.2) is 53.1 Å². The molecule has 3 aromatic rings. The molecule has 2 nitrogen and oxygen atoms in total. The van der Waals surface area contributed by atoms with E-state index in [1.165, 1.54) is 5.56 Å². The minimum absolute atomic E-state index is 0.706. The van der Waals surface area contributed by atoms with Crippen molar-refractivity contribution in [3.63, 3.8) is 0 Å². The van der Waals surface area contributed by atoms with E-state index in [1.807, 2.05) is 34.9 Å². The third-order valence-corrected chi connectivity index (χ3v) is 4.07. The molecule has 3 rings (SSSR count). The summed E-state index contributed by atoms with van der Waals surface area (Å²) in [5.74, 6) is 0. The van der Waals surface area contributed by atoms with Gasteiger partial charge in [0.2, 0.25) is 0 Å². The first-order valence-electron chi connectivity index (χ1n) is 6.58. The molecule has 2 aromatic heterocycles. The summed E-state index contributed by atoms with van der Waals surface area (Å²) in [4.78, 5) is 11.5. The van der Waals surface area contributed by atoms with Crippen molar-refractivity contribution in [1.82, 2.24) is 4.40 Å². The molecular formula is C17H14BrNO. The summed E-state index contributed by atoms with van der Waals surface area (Å²) in [6.07, 6.45) is 3.94. The monoisotopic (exact) mass is 327 g/mol. The van der Waals surface area contributed by atoms with Crippen molar-refractivity contribution in [3.05, 3.63) is 64.4 Å². The van der Waals surface area contributed by atoms with Crippen molar-refractivity contribution >= 4 is 27.7 Å². The molecule has 0 aliphatic rings. The number of aldehydes is 1. The summed E-state index contributed by atoms with van der Waals surface area (Å²) in [5.41, 5.74) is 5.00. The Labute approximate surface area is 126 Å². The lowest BCUT2D eigenvalue weighted by atomic mass is 10.1. The smallest absolute Gasteiger partial charge is 0.167 e. The van der Waals surface area contributed by atoms with Gasteiger partial charge in [-0.25, -0.2) is 0 Å². The van der Waals surface area contributed by atoms with Gasteiger partial charge in [-0.05, 0) is 41.8 Å². The van der Waals surface area contributed by atoms with Gasteiger partial charge in [-0.1, -0.05) is 41.1 Å². The number of aryl methyl sites for hydroxylation is 1. The zero-order valence-electron chi connectivity index (χ0n) is 11.1. The van der Waals surface area contributed by atoms with Crippen molar-refractivity contribution in [3.8, 4) is 11.1 Å². The van der Waals surface area contributed by atoms with E-state index in [0.717, 1.165) is 33.8 Å². The van der Waals surface area contributed by atoms with Crippen LogP contribution in [-0.2, 0) is 6.42 Å². The van der Waals surface area contributed by atoms with Gasteiger partial charge < -0.3 is 4.40 Å². The predicted molar refractivity (Wildman–Crippen MR) is 85.3 cm³/mol. The zero-order valence-corrected chi connectivity index (χ0v) is 12.7. The number of hydrogen-bond acceptors (Lipinski definition) is 1. The molecule has 0 N–H and O–H groups in total. The van der Waals surface area contributed by atoms with Gasteiger partial charge in [-0.3, -0.25) is 4.79 Å². The minimum atomic E-state index is 0.706. The van der Waals surface area contributed by atoms with Gasteiger partial charge in [0.05, 0.1) is 5.69 Å². The van der Waals surface area contributed by atoms with Crippen molar-refractivity contribution in [2.45, 2.75) is 13.3 Å². The normalized spacial score (nSPS) is 10.9. The lowest BCUT2D eigenvalue weighted by molar-refractivity contribution is 0.111. The highest BCUT2D eigenvalue weighted by Crippen LogP contribution is 2.28. The number of benzene rings is 1. The second-order valence-corrected chi connectivity index (χ2v) is 5.67. The third kappa shape index (κ3) is 2.18. The lowest BCUT2D eigenvalue weighted by Gasteiger charge is -2.02. The number of halogens is 1. The summed E-state index contributed by atoms with van der Waals surface area (Å²) < 4.78 is 3.01. The van der Waals surface area contributed by atoms with E-state index >= 15 is 0 Å². The van der Waals surface area contributed by atoms with Crippen LogP contribution in [0.4, 0.5) is 0 Å². The molecule has 0 unspecified atom stereocenters. The first-order valence-corrected chi connectivity index (χ1v) is 7.37. The number of aromatic nitrogens is 1. The average Bonchev–Trinajstić information content (AvgIpc) is 2.85. The summed E-state index contributed by atoms with van der Waals surface area (Å²) in [7, 11) is 0. The number of hydrogen-bond donors (Lipinski definition) is 0. The van der Waals surface area contributed by atoms with Gasteiger partial charge in [-0.2, -0.15) is 0 Å². The van der Waals surface area contributed by atoms with E-state index in [0.29, 0.717) is 5.69 Å². The zero-order chi connectivity index (χ0) is 14.1. The van der Waals surface area contributed by atoms with Crippen LogP contribution in [0.3, 0.4) is 0 Å². The van der Waals surface area contributed by atoms with Crippen LogP contribution in [0, 0.1) is 0 Å². The molecule has 1 aromatic carbocycles. The Morgan fingerprint density at radius 2 is 1.90 bits per heavy atom. The molecule has 0 aliphatic carbocycles. The molecule has 0 bridgehead atoms. The fourth-order valence-corrected chi connectivity index (χ4v) is 2.69. The number of fused-ring (bicyclic) bond motifs is 1. The molecule has 0 fully saturated rings. The first-order chi connectivity index (χ1) is 9.72. The Kier molecular flexibility index (Phi) is 3.45. The van der Waals surface area contributed by atoms with E-state index in [9.17, 15) is 4.79 Å². The van der Waals surface area contributed by atoms with E-state index in [1.54, 1.807) is 0 Å². The Bertz CT molecular complexity index is 772. The molecule has 0 atom stereocenters. The molecular weight excluding hydrogens is 314 g/mol. The number of rotatable bonds is 3. The van der Waals surface area contributed by atoms with Gasteiger partial charge in [0.25, 0.3) is 0 Å². The average molecular weight is 328 g/mol. The van der Waals surface area contributed by atoms with Crippen LogP contribution in [0.1, 0.15) is 23.0 Å². The van der Waals surface area contributed by atoms with Gasteiger partial charge in [0.15, 0.2) is 6.29 Å². The van der Waals surface area contributed by atoms with Crippen LogP contribution < -0.4 is 0 Å². The van der Waals surface area contributed by atoms with Gasteiger partial charge in [0.1, 0.15) is 0 Å². The molecule has 0 saturated heterocycles. The number of nitrogens with zero attached hydrogens (tertiary/aromatic N) is 1. The van der Waals surface area contributed by atoms with Gasteiger partial charge in [-0.15, -0.1) is 0 Å². The van der Waals surface area contributed by atoms with Crippen LogP contribution in [0.5, 0.6) is 0 Å². The number of carbonyl (C=O) groups excluding carboxylic acids is 1. The summed E-state index contributed by atoms with van der Waals surface area (Å²) in [6.45, 7) is 2.11. The van der Waals surface area contributed by atoms with Crippen LogP contribution in [0.25, 0.3) is 16.6 Å². The third-order valence-electron chi connectivity index (χ3n) is 3.54. The maximum atomic E-state index is 11.5. The highest BCUT2D eigenvalue weighted by molar-refractivity contribution is 9.10. The maximum Gasteiger partial charge on any atom is 0.167 e. The van der Waals surface area contributed by atoms with E-state index < -0.39 is 0 Å². The van der Waals surface area contributed by atoms with Crippen molar-refractivity contribution in [2.75, 3.05) is 0 Å². The minimum Gasteiger partial charge on any atom is -0.313 e. The standard InChI is InChI=1S/C17H14BrNO/c1-2-12-3-8-15-9-16(17(11-20)19(15)10-12)13-4-6-14(18)7-5-13/h3-11H,2H2,1H3. The fourth-order valence-electron chi connectivity index (χ4n) is 2.42. The molecule has 0 amide bonds. The second kappa shape index (κ2) is 5.25. The quantitative estimate of drug-likeness (QED) is 0.636. The summed E-state index contributed by atoms with van der Waals surface area (Å²) in [5, 5.41) is 0. The Balaban J connectivity index is 2.25. The van der Waals surface area contributed by atoms with Crippen molar-refractivity contribution in [1.29, 1.82) is 0 Å². The Morgan fingerprint density at radius 3 is 2.55 bits per heavy atom. The van der Waals surface area contributed by atoms with E-state index in [-0.39, 0.29) is 0 Å². The maximum absolute atomic E-state index is 11.5. The van der Waals surface area contributed by atoms with E-state index in [4.69, 9.17) is 0 Å². The molecule has 20 heavy (non-hydrogen) atoms. The second-order valence-electron chi connectivity index (χ2n) is 4.75. The molecule has 100 valence electrons. The predicted octanol–water partition coefficient (Wildman–Crippen LogP) is 4.74. The molecule has 2 heterocycles. The Morgan fingerprint density at radius 1 is 1.15 bits per heavy atom. The molecule has 0 spiro atoms. The summed E-state index contributed by atoms with van der Waals surface area (Å²) in [6, 6.07) is 14.3. The van der Waals surface area contributed by atoms with Crippen LogP contribution in [0.2, 0.25) is 0 Å². The van der Waals surface area contributed by atoms with Crippen molar-refractivity contribution < 1.29 is 4.79 Å². The van der Waals surface area contributed by atoms with Crippen molar-refractivity contribution in [2.24, 2.45) is 0 Å². The number of pyridine rings is 1. The highest BCUT2D eigenvalue weighted by atomic mass is 79.9. The van der Waals surface area contributed by atoms with Gasteiger partial charge in [0, 0.05) is 21.7 Å².